The smallest absolute Gasteiger partial charge is 0.116 e. The molecule has 4 heteroatoms. The van der Waals surface area contributed by atoms with E-state index in [9.17, 15) is 5.11 Å². The van der Waals surface area contributed by atoms with Crippen molar-refractivity contribution in [3.63, 3.8) is 0 Å². The summed E-state index contributed by atoms with van der Waals surface area (Å²) >= 11 is 0. The summed E-state index contributed by atoms with van der Waals surface area (Å²) in [5.41, 5.74) is 13.2. The van der Waals surface area contributed by atoms with Crippen LogP contribution in [0.1, 0.15) is 11.1 Å². The molecule has 3 aromatic carbocycles. The molecule has 0 saturated heterocycles. The molecule has 0 spiro atoms. The zero-order chi connectivity index (χ0) is 19.5. The highest BCUT2D eigenvalue weighted by molar-refractivity contribution is 5.85. The quantitative estimate of drug-likeness (QED) is 0.485. The lowest BCUT2D eigenvalue weighted by atomic mass is 10.1. The SMILES string of the molecule is CNn1c(=C\Cc2ccccc2)/c(=C\c2ccc(N)cc2)c2cc(O)ccc21. The number of nitrogens with zero attached hydrogens (tertiary/aromatic N) is 1. The highest BCUT2D eigenvalue weighted by Crippen LogP contribution is 2.16. The van der Waals surface area contributed by atoms with Crippen LogP contribution in [0.25, 0.3) is 23.1 Å². The van der Waals surface area contributed by atoms with Crippen molar-refractivity contribution in [1.29, 1.82) is 0 Å². The van der Waals surface area contributed by atoms with E-state index in [4.69, 9.17) is 5.73 Å². The number of phenolic OH excluding ortho intramolecular Hbond substituents is 1. The van der Waals surface area contributed by atoms with Crippen LogP contribution in [-0.4, -0.2) is 16.8 Å². The van der Waals surface area contributed by atoms with E-state index in [1.165, 1.54) is 5.56 Å². The molecule has 4 rings (SSSR count). The molecular formula is C24H23N3O. The second-order valence-electron chi connectivity index (χ2n) is 6.76. The van der Waals surface area contributed by atoms with Crippen LogP contribution in [0.4, 0.5) is 5.69 Å². The van der Waals surface area contributed by atoms with Crippen molar-refractivity contribution in [2.24, 2.45) is 0 Å². The molecule has 0 amide bonds. The number of rotatable bonds is 4. The Morgan fingerprint density at radius 2 is 1.75 bits per heavy atom. The first kappa shape index (κ1) is 17.7. The monoisotopic (exact) mass is 369 g/mol. The second kappa shape index (κ2) is 7.53. The Labute approximate surface area is 163 Å². The molecule has 0 saturated carbocycles. The van der Waals surface area contributed by atoms with Crippen LogP contribution in [0, 0.1) is 0 Å². The molecule has 1 heterocycles. The minimum absolute atomic E-state index is 0.252. The maximum absolute atomic E-state index is 10.1. The van der Waals surface area contributed by atoms with Crippen molar-refractivity contribution in [3.8, 4) is 5.75 Å². The number of nitrogen functional groups attached to an aromatic ring is 1. The molecule has 4 aromatic rings. The molecule has 0 radical (unpaired) electrons. The fourth-order valence-corrected chi connectivity index (χ4v) is 3.50. The molecule has 140 valence electrons. The molecule has 1 aromatic heterocycles. The van der Waals surface area contributed by atoms with Gasteiger partial charge in [-0.2, -0.15) is 0 Å². The minimum Gasteiger partial charge on any atom is -0.508 e. The predicted octanol–water partition coefficient (Wildman–Crippen LogP) is 2.95. The van der Waals surface area contributed by atoms with E-state index in [2.05, 4.69) is 46.5 Å². The van der Waals surface area contributed by atoms with Crippen LogP contribution < -0.4 is 21.7 Å². The third kappa shape index (κ3) is 3.45. The van der Waals surface area contributed by atoms with Gasteiger partial charge in [0.05, 0.1) is 10.9 Å². The van der Waals surface area contributed by atoms with Gasteiger partial charge in [0.15, 0.2) is 0 Å². The predicted molar refractivity (Wildman–Crippen MR) is 117 cm³/mol. The van der Waals surface area contributed by atoms with Crippen molar-refractivity contribution in [1.82, 2.24) is 4.68 Å². The van der Waals surface area contributed by atoms with Crippen LogP contribution >= 0.6 is 0 Å². The Kier molecular flexibility index (Phi) is 4.77. The number of phenols is 1. The molecule has 0 bridgehead atoms. The summed E-state index contributed by atoms with van der Waals surface area (Å²) in [6, 6.07) is 23.6. The zero-order valence-corrected chi connectivity index (χ0v) is 15.8. The van der Waals surface area contributed by atoms with Crippen LogP contribution in [-0.2, 0) is 6.42 Å². The van der Waals surface area contributed by atoms with Gasteiger partial charge in [-0.1, -0.05) is 48.5 Å². The van der Waals surface area contributed by atoms with Gasteiger partial charge >= 0.3 is 0 Å². The molecule has 0 atom stereocenters. The van der Waals surface area contributed by atoms with E-state index in [-0.39, 0.29) is 5.75 Å². The van der Waals surface area contributed by atoms with Crippen molar-refractivity contribution < 1.29 is 5.11 Å². The van der Waals surface area contributed by atoms with Gasteiger partial charge in [0.1, 0.15) is 5.75 Å². The van der Waals surface area contributed by atoms with Gasteiger partial charge in [-0.3, -0.25) is 4.68 Å². The summed E-state index contributed by atoms with van der Waals surface area (Å²) in [7, 11) is 1.90. The third-order valence-electron chi connectivity index (χ3n) is 4.87. The highest BCUT2D eigenvalue weighted by Gasteiger charge is 2.08. The number of nitrogens with two attached hydrogens (primary N) is 1. The van der Waals surface area contributed by atoms with Crippen molar-refractivity contribution in [2.75, 3.05) is 18.2 Å². The lowest BCUT2D eigenvalue weighted by Gasteiger charge is -2.04. The van der Waals surface area contributed by atoms with Gasteiger partial charge in [0, 0.05) is 23.3 Å². The fourth-order valence-electron chi connectivity index (χ4n) is 3.50. The summed E-state index contributed by atoms with van der Waals surface area (Å²) in [6.07, 6.45) is 5.16. The van der Waals surface area contributed by atoms with Crippen LogP contribution in [0.15, 0.2) is 72.8 Å². The van der Waals surface area contributed by atoms with Crippen molar-refractivity contribution in [2.45, 2.75) is 6.42 Å². The van der Waals surface area contributed by atoms with E-state index in [0.29, 0.717) is 0 Å². The number of hydrogen-bond donors (Lipinski definition) is 3. The lowest BCUT2D eigenvalue weighted by molar-refractivity contribution is 0.476. The number of benzene rings is 3. The number of aromatic hydroxyl groups is 1. The van der Waals surface area contributed by atoms with Gasteiger partial charge in [0.25, 0.3) is 0 Å². The Morgan fingerprint density at radius 3 is 2.46 bits per heavy atom. The van der Waals surface area contributed by atoms with Gasteiger partial charge in [0.2, 0.25) is 0 Å². The lowest BCUT2D eigenvalue weighted by Crippen LogP contribution is -2.33. The van der Waals surface area contributed by atoms with Gasteiger partial charge in [-0.15, -0.1) is 0 Å². The molecule has 0 unspecified atom stereocenters. The molecule has 28 heavy (non-hydrogen) atoms. The molecule has 0 aliphatic carbocycles. The summed E-state index contributed by atoms with van der Waals surface area (Å²) < 4.78 is 2.06. The number of fused-ring (bicyclic) bond motifs is 1. The van der Waals surface area contributed by atoms with Crippen LogP contribution in [0.2, 0.25) is 0 Å². The first-order valence-corrected chi connectivity index (χ1v) is 9.28. The van der Waals surface area contributed by atoms with E-state index in [0.717, 1.165) is 39.1 Å². The third-order valence-corrected chi connectivity index (χ3v) is 4.87. The fraction of sp³-hybridized carbons (Fsp3) is 0.0833. The maximum atomic E-state index is 10.1. The van der Waals surface area contributed by atoms with E-state index >= 15 is 0 Å². The molecule has 4 nitrogen and oxygen atoms in total. The standard InChI is InChI=1S/C24H23N3O/c1-26-27-23(13-9-17-5-3-2-4-6-17)21(15-18-7-10-19(25)11-8-18)22-16-20(28)12-14-24(22)27/h2-8,10-16,26,28H,9,25H2,1H3/b21-15-,23-13-. The Balaban J connectivity index is 2.00. The largest absolute Gasteiger partial charge is 0.508 e. The number of nitrogens with one attached hydrogen (secondary N) is 1. The first-order chi connectivity index (χ1) is 13.7. The van der Waals surface area contributed by atoms with Crippen LogP contribution in [0.5, 0.6) is 5.75 Å². The van der Waals surface area contributed by atoms with E-state index in [1.54, 1.807) is 6.07 Å². The molecular weight excluding hydrogens is 346 g/mol. The summed E-state index contributed by atoms with van der Waals surface area (Å²) in [6.45, 7) is 0. The summed E-state index contributed by atoms with van der Waals surface area (Å²) in [4.78, 5) is 0. The summed E-state index contributed by atoms with van der Waals surface area (Å²) in [5.74, 6) is 0.252. The first-order valence-electron chi connectivity index (χ1n) is 9.28. The highest BCUT2D eigenvalue weighted by atomic mass is 16.3. The summed E-state index contributed by atoms with van der Waals surface area (Å²) in [5, 5.41) is 13.2. The molecule has 0 fully saturated rings. The Morgan fingerprint density at radius 1 is 1.00 bits per heavy atom. The maximum Gasteiger partial charge on any atom is 0.116 e. The zero-order valence-electron chi connectivity index (χ0n) is 15.8. The molecule has 4 N–H and O–H groups in total. The van der Waals surface area contributed by atoms with Crippen molar-refractivity contribution in [3.05, 3.63) is 94.5 Å². The van der Waals surface area contributed by atoms with E-state index < -0.39 is 0 Å². The van der Waals surface area contributed by atoms with E-state index in [1.807, 2.05) is 49.5 Å². The molecule has 0 aliphatic heterocycles. The van der Waals surface area contributed by atoms with Gasteiger partial charge < -0.3 is 16.3 Å². The topological polar surface area (TPSA) is 63.2 Å². The minimum atomic E-state index is 0.252. The Bertz CT molecular complexity index is 1220. The van der Waals surface area contributed by atoms with Crippen LogP contribution in [0.3, 0.4) is 0 Å². The number of aromatic nitrogens is 1. The molecule has 0 aliphatic rings. The van der Waals surface area contributed by atoms with Gasteiger partial charge in [-0.25, -0.2) is 0 Å². The normalized spacial score (nSPS) is 12.6. The average Bonchev–Trinajstić information content (AvgIpc) is 3.00. The second-order valence-corrected chi connectivity index (χ2v) is 6.76. The van der Waals surface area contributed by atoms with Gasteiger partial charge in [-0.05, 0) is 54.0 Å². The van der Waals surface area contributed by atoms with Crippen molar-refractivity contribution >= 4 is 28.7 Å². The Hall–Kier alpha value is -3.66. The number of hydrogen-bond acceptors (Lipinski definition) is 3. The number of anilines is 1. The average molecular weight is 369 g/mol.